The Bertz CT molecular complexity index is 1420. The molecule has 2 aromatic carbocycles. The van der Waals surface area contributed by atoms with Crippen LogP contribution < -0.4 is 4.90 Å². The van der Waals surface area contributed by atoms with Crippen LogP contribution in [-0.4, -0.2) is 30.0 Å². The molecule has 4 aromatic rings. The summed E-state index contributed by atoms with van der Waals surface area (Å²) in [6, 6.07) is 12.5. The second-order valence-electron chi connectivity index (χ2n) is 8.14. The van der Waals surface area contributed by atoms with Crippen LogP contribution in [0.4, 0.5) is 9.52 Å². The summed E-state index contributed by atoms with van der Waals surface area (Å²) in [6.07, 6.45) is 3.54. The average Bonchev–Trinajstić information content (AvgIpc) is 3.22. The van der Waals surface area contributed by atoms with E-state index in [1.807, 2.05) is 26.0 Å². The Kier molecular flexibility index (Phi) is 7.04. The summed E-state index contributed by atoms with van der Waals surface area (Å²) in [5.41, 5.74) is 3.86. The van der Waals surface area contributed by atoms with E-state index in [0.29, 0.717) is 5.13 Å². The molecule has 0 radical (unpaired) electrons. The predicted molar refractivity (Wildman–Crippen MR) is 132 cm³/mol. The van der Waals surface area contributed by atoms with E-state index >= 15 is 0 Å². The van der Waals surface area contributed by atoms with Crippen molar-refractivity contribution in [3.63, 3.8) is 0 Å². The Balaban J connectivity index is 1.55. The third-order valence-corrected chi connectivity index (χ3v) is 8.23. The van der Waals surface area contributed by atoms with Gasteiger partial charge in [-0.2, -0.15) is 0 Å². The molecular formula is C25H24FN3O3S2. The molecule has 0 aliphatic rings. The first kappa shape index (κ1) is 24.0. The van der Waals surface area contributed by atoms with E-state index in [4.69, 9.17) is 4.98 Å². The van der Waals surface area contributed by atoms with Crippen molar-refractivity contribution in [2.75, 3.05) is 10.7 Å². The van der Waals surface area contributed by atoms with Crippen LogP contribution >= 0.6 is 11.3 Å². The molecule has 34 heavy (non-hydrogen) atoms. The molecule has 0 fully saturated rings. The number of carbonyl (C=O) groups excluding carboxylic acids is 1. The first-order chi connectivity index (χ1) is 16.2. The first-order valence-corrected chi connectivity index (χ1v) is 13.3. The summed E-state index contributed by atoms with van der Waals surface area (Å²) in [5, 5.41) is 0.568. The molecule has 0 aliphatic carbocycles. The van der Waals surface area contributed by atoms with Gasteiger partial charge in [-0.05, 0) is 73.4 Å². The first-order valence-electron chi connectivity index (χ1n) is 10.8. The zero-order valence-electron chi connectivity index (χ0n) is 18.9. The number of hydrogen-bond donors (Lipinski definition) is 0. The molecule has 0 atom stereocenters. The van der Waals surface area contributed by atoms with Gasteiger partial charge >= 0.3 is 0 Å². The zero-order chi connectivity index (χ0) is 24.3. The number of aryl methyl sites for hydroxylation is 2. The highest BCUT2D eigenvalue weighted by Crippen LogP contribution is 2.33. The van der Waals surface area contributed by atoms with E-state index in [0.717, 1.165) is 39.0 Å². The number of rotatable bonds is 8. The molecule has 4 rings (SSSR count). The van der Waals surface area contributed by atoms with Crippen molar-refractivity contribution in [3.8, 4) is 0 Å². The number of nitrogens with zero attached hydrogens (tertiary/aromatic N) is 3. The molecule has 6 nitrogen and oxygen atoms in total. The van der Waals surface area contributed by atoms with Gasteiger partial charge in [-0.15, -0.1) is 0 Å². The third kappa shape index (κ3) is 5.48. The fourth-order valence-corrected chi connectivity index (χ4v) is 6.19. The van der Waals surface area contributed by atoms with Crippen molar-refractivity contribution in [1.29, 1.82) is 0 Å². The number of aromatic nitrogens is 2. The molecule has 9 heteroatoms. The molecule has 0 saturated heterocycles. The van der Waals surface area contributed by atoms with E-state index in [1.54, 1.807) is 23.4 Å². The number of hydrogen-bond acceptors (Lipinski definition) is 6. The summed E-state index contributed by atoms with van der Waals surface area (Å²) in [5.74, 6) is -0.920. The highest BCUT2D eigenvalue weighted by Gasteiger charge is 2.22. The standard InChI is InChI=1S/C25H24FN3O3S2/c1-17-13-18(2)24-22(14-17)33-25(28-24)29(16-19-5-3-11-27-15-19)23(30)6-4-12-34(31,32)21-9-7-20(26)8-10-21/h3,5,7-11,13-15H,4,6,12,16H2,1-2H3. The van der Waals surface area contributed by atoms with Gasteiger partial charge in [-0.3, -0.25) is 14.7 Å². The molecule has 2 aromatic heterocycles. The summed E-state index contributed by atoms with van der Waals surface area (Å²) < 4.78 is 39.3. The van der Waals surface area contributed by atoms with E-state index in [2.05, 4.69) is 11.1 Å². The van der Waals surface area contributed by atoms with Gasteiger partial charge in [0.2, 0.25) is 5.91 Å². The number of sulfone groups is 1. The smallest absolute Gasteiger partial charge is 0.229 e. The van der Waals surface area contributed by atoms with Crippen LogP contribution in [0.1, 0.15) is 29.5 Å². The lowest BCUT2D eigenvalue weighted by Crippen LogP contribution is -2.30. The van der Waals surface area contributed by atoms with E-state index in [1.165, 1.54) is 23.5 Å². The highest BCUT2D eigenvalue weighted by molar-refractivity contribution is 7.91. The Morgan fingerprint density at radius 3 is 2.59 bits per heavy atom. The average molecular weight is 498 g/mol. The molecule has 1 amide bonds. The van der Waals surface area contributed by atoms with E-state index in [-0.39, 0.29) is 35.9 Å². The van der Waals surface area contributed by atoms with Crippen molar-refractivity contribution < 1.29 is 17.6 Å². The number of benzene rings is 2. The zero-order valence-corrected chi connectivity index (χ0v) is 20.5. The van der Waals surface area contributed by atoms with Gasteiger partial charge in [-0.1, -0.05) is 23.5 Å². The van der Waals surface area contributed by atoms with Crippen molar-refractivity contribution in [3.05, 3.63) is 83.4 Å². The number of fused-ring (bicyclic) bond motifs is 1. The quantitative estimate of drug-likeness (QED) is 0.311. The maximum Gasteiger partial charge on any atom is 0.229 e. The van der Waals surface area contributed by atoms with E-state index in [9.17, 15) is 17.6 Å². The third-order valence-electron chi connectivity index (χ3n) is 5.39. The molecule has 0 spiro atoms. The van der Waals surface area contributed by atoms with Crippen LogP contribution in [0.15, 0.2) is 65.8 Å². The molecule has 0 unspecified atom stereocenters. The van der Waals surface area contributed by atoms with Crippen LogP contribution in [0.25, 0.3) is 10.2 Å². The van der Waals surface area contributed by atoms with Gasteiger partial charge < -0.3 is 0 Å². The number of carbonyl (C=O) groups is 1. The normalized spacial score (nSPS) is 11.6. The van der Waals surface area contributed by atoms with Crippen molar-refractivity contribution in [1.82, 2.24) is 9.97 Å². The fourth-order valence-electron chi connectivity index (χ4n) is 3.72. The summed E-state index contributed by atoms with van der Waals surface area (Å²) >= 11 is 1.44. The molecule has 176 valence electrons. The van der Waals surface area contributed by atoms with Crippen LogP contribution in [0, 0.1) is 19.7 Å². The van der Waals surface area contributed by atoms with Crippen molar-refractivity contribution >= 4 is 42.4 Å². The molecule has 0 saturated carbocycles. The number of thiazole rings is 1. The minimum atomic E-state index is -3.61. The Morgan fingerprint density at radius 2 is 1.88 bits per heavy atom. The fraction of sp³-hybridized carbons (Fsp3) is 0.240. The van der Waals surface area contributed by atoms with Gasteiger partial charge in [-0.25, -0.2) is 17.8 Å². The van der Waals surface area contributed by atoms with Gasteiger partial charge in [0.05, 0.1) is 27.4 Å². The molecule has 0 bridgehead atoms. The Morgan fingerprint density at radius 1 is 1.12 bits per heavy atom. The molecule has 0 aliphatic heterocycles. The van der Waals surface area contributed by atoms with Gasteiger partial charge in [0.1, 0.15) is 5.82 Å². The number of anilines is 1. The summed E-state index contributed by atoms with van der Waals surface area (Å²) in [4.78, 5) is 23.8. The lowest BCUT2D eigenvalue weighted by atomic mass is 10.1. The molecular weight excluding hydrogens is 473 g/mol. The van der Waals surface area contributed by atoms with Crippen LogP contribution in [0.5, 0.6) is 0 Å². The second kappa shape index (κ2) is 9.99. The number of halogens is 1. The predicted octanol–water partition coefficient (Wildman–Crippen LogP) is 5.23. The molecule has 2 heterocycles. The van der Waals surface area contributed by atoms with Crippen LogP contribution in [0.2, 0.25) is 0 Å². The SMILES string of the molecule is Cc1cc(C)c2nc(N(Cc3cccnc3)C(=O)CCCS(=O)(=O)c3ccc(F)cc3)sc2c1. The van der Waals surface area contributed by atoms with Gasteiger partial charge in [0, 0.05) is 18.8 Å². The second-order valence-corrected chi connectivity index (χ2v) is 11.3. The van der Waals surface area contributed by atoms with Crippen LogP contribution in [0.3, 0.4) is 0 Å². The summed E-state index contributed by atoms with van der Waals surface area (Å²) in [7, 11) is -3.61. The molecule has 0 N–H and O–H groups in total. The maximum atomic E-state index is 13.3. The minimum Gasteiger partial charge on any atom is -0.284 e. The largest absolute Gasteiger partial charge is 0.284 e. The Labute approximate surface area is 202 Å². The Hall–Kier alpha value is -3.17. The van der Waals surface area contributed by atoms with Crippen molar-refractivity contribution in [2.24, 2.45) is 0 Å². The van der Waals surface area contributed by atoms with Crippen LogP contribution in [-0.2, 0) is 21.2 Å². The summed E-state index contributed by atoms with van der Waals surface area (Å²) in [6.45, 7) is 4.30. The highest BCUT2D eigenvalue weighted by atomic mass is 32.2. The van der Waals surface area contributed by atoms with Crippen molar-refractivity contribution in [2.45, 2.75) is 38.1 Å². The minimum absolute atomic E-state index is 0.0363. The van der Waals surface area contributed by atoms with E-state index < -0.39 is 15.7 Å². The van der Waals surface area contributed by atoms with Gasteiger partial charge in [0.15, 0.2) is 15.0 Å². The monoisotopic (exact) mass is 497 g/mol. The topological polar surface area (TPSA) is 80.2 Å². The van der Waals surface area contributed by atoms with Gasteiger partial charge in [0.25, 0.3) is 0 Å². The maximum absolute atomic E-state index is 13.3. The number of amides is 1. The lowest BCUT2D eigenvalue weighted by molar-refractivity contribution is -0.118. The number of pyridine rings is 1. The lowest BCUT2D eigenvalue weighted by Gasteiger charge is -2.20.